The maximum absolute atomic E-state index is 15.4. The summed E-state index contributed by atoms with van der Waals surface area (Å²) in [6, 6.07) is 0. The summed E-state index contributed by atoms with van der Waals surface area (Å²) in [5, 5.41) is 9.61. The number of hydrogen-bond donors (Lipinski definition) is 2. The van der Waals surface area contributed by atoms with Crippen molar-refractivity contribution in [3.8, 4) is 0 Å². The molecule has 0 spiro atoms. The Hall–Kier alpha value is -1.07. The van der Waals surface area contributed by atoms with Crippen molar-refractivity contribution in [1.29, 1.82) is 0 Å². The Kier molecular flexibility index (Phi) is 6.09. The normalized spacial score (nSPS) is 29.3. The largest absolute Gasteiger partial charge is 0.408 e. The SMILES string of the molecule is CC(C)(C)[Si](C)(C)OC1[C@H](F)[C@H](n2cc(F)c(=O)[nH]c2=O)O[C@@]1(CO)CCl. The van der Waals surface area contributed by atoms with Crippen LogP contribution >= 0.6 is 11.6 Å². The van der Waals surface area contributed by atoms with Crippen LogP contribution in [0.25, 0.3) is 0 Å². The van der Waals surface area contributed by atoms with Gasteiger partial charge in [-0.25, -0.2) is 9.18 Å². The zero-order valence-electron chi connectivity index (χ0n) is 15.9. The van der Waals surface area contributed by atoms with E-state index in [1.807, 2.05) is 33.9 Å². The molecule has 2 heterocycles. The minimum absolute atomic E-state index is 0.265. The van der Waals surface area contributed by atoms with E-state index < -0.39 is 56.1 Å². The molecule has 1 aliphatic rings. The Morgan fingerprint density at radius 3 is 2.52 bits per heavy atom. The fourth-order valence-electron chi connectivity index (χ4n) is 2.62. The van der Waals surface area contributed by atoms with E-state index >= 15 is 4.39 Å². The van der Waals surface area contributed by atoms with Gasteiger partial charge >= 0.3 is 5.69 Å². The summed E-state index contributed by atoms with van der Waals surface area (Å²) in [4.78, 5) is 25.0. The minimum Gasteiger partial charge on any atom is -0.408 e. The van der Waals surface area contributed by atoms with E-state index in [9.17, 15) is 19.1 Å². The highest BCUT2D eigenvalue weighted by Gasteiger charge is 2.59. The van der Waals surface area contributed by atoms with E-state index in [0.29, 0.717) is 10.8 Å². The predicted octanol–water partition coefficient (Wildman–Crippen LogP) is 1.90. The van der Waals surface area contributed by atoms with Crippen molar-refractivity contribution in [3.63, 3.8) is 0 Å². The summed E-state index contributed by atoms with van der Waals surface area (Å²) in [5.41, 5.74) is -3.87. The van der Waals surface area contributed by atoms with Gasteiger partial charge in [0.15, 0.2) is 20.7 Å². The molecule has 7 nitrogen and oxygen atoms in total. The van der Waals surface area contributed by atoms with Crippen LogP contribution < -0.4 is 11.2 Å². The average molecular weight is 427 g/mol. The van der Waals surface area contributed by atoms with Crippen LogP contribution in [0.5, 0.6) is 0 Å². The molecule has 1 unspecified atom stereocenters. The maximum Gasteiger partial charge on any atom is 0.330 e. The van der Waals surface area contributed by atoms with Crippen molar-refractivity contribution >= 4 is 19.9 Å². The third-order valence-electron chi connectivity index (χ3n) is 5.36. The molecule has 4 atom stereocenters. The number of aliphatic hydroxyl groups is 1. The molecule has 154 valence electrons. The summed E-state index contributed by atoms with van der Waals surface area (Å²) in [6.45, 7) is 9.02. The first kappa shape index (κ1) is 22.2. The monoisotopic (exact) mass is 426 g/mol. The smallest absolute Gasteiger partial charge is 0.330 e. The Bertz CT molecular complexity index is 803. The summed E-state index contributed by atoms with van der Waals surface area (Å²) < 4.78 is 41.3. The molecule has 0 saturated carbocycles. The zero-order valence-corrected chi connectivity index (χ0v) is 17.6. The topological polar surface area (TPSA) is 93.6 Å². The van der Waals surface area contributed by atoms with Crippen LogP contribution in [-0.2, 0) is 9.16 Å². The lowest BCUT2D eigenvalue weighted by Gasteiger charge is -2.42. The van der Waals surface area contributed by atoms with Gasteiger partial charge in [-0.15, -0.1) is 11.6 Å². The molecule has 11 heteroatoms. The van der Waals surface area contributed by atoms with Crippen LogP contribution in [-0.4, -0.2) is 53.3 Å². The highest BCUT2D eigenvalue weighted by atomic mass is 35.5. The van der Waals surface area contributed by atoms with E-state index in [4.69, 9.17) is 20.8 Å². The van der Waals surface area contributed by atoms with Crippen LogP contribution in [0.15, 0.2) is 15.8 Å². The number of halogens is 3. The summed E-state index contributed by atoms with van der Waals surface area (Å²) in [7, 11) is -2.51. The molecular weight excluding hydrogens is 402 g/mol. The molecule has 2 rings (SSSR count). The standard InChI is InChI=1S/C16H25ClF2N2O5Si/c1-15(2,3)27(4,5)26-11-10(19)13(25-16(11,7-17)8-22)21-6-9(18)12(23)20-14(21)24/h6,10-11,13,22H,7-8H2,1-5H3,(H,20,23,24)/t10-,11?,13+,16+/m0/s1. The Labute approximate surface area is 161 Å². The second-order valence-electron chi connectivity index (χ2n) is 8.25. The van der Waals surface area contributed by atoms with Crippen molar-refractivity contribution in [3.05, 3.63) is 32.9 Å². The minimum atomic E-state index is -2.51. The molecule has 1 aliphatic heterocycles. The van der Waals surface area contributed by atoms with Crippen molar-refractivity contribution in [2.24, 2.45) is 0 Å². The Balaban J connectivity index is 2.50. The third kappa shape index (κ3) is 3.90. The van der Waals surface area contributed by atoms with Crippen LogP contribution in [0.2, 0.25) is 18.1 Å². The quantitative estimate of drug-likeness (QED) is 0.554. The van der Waals surface area contributed by atoms with Crippen LogP contribution in [0.4, 0.5) is 8.78 Å². The van der Waals surface area contributed by atoms with E-state index in [1.54, 1.807) is 4.98 Å². The second-order valence-corrected chi connectivity index (χ2v) is 13.3. The van der Waals surface area contributed by atoms with Gasteiger partial charge in [0.05, 0.1) is 18.7 Å². The van der Waals surface area contributed by atoms with Gasteiger partial charge in [-0.3, -0.25) is 14.3 Å². The van der Waals surface area contributed by atoms with Gasteiger partial charge < -0.3 is 14.3 Å². The maximum atomic E-state index is 15.4. The van der Waals surface area contributed by atoms with Crippen LogP contribution in [0.1, 0.15) is 27.0 Å². The number of ether oxygens (including phenoxy) is 1. The number of H-pyrrole nitrogens is 1. The fraction of sp³-hybridized carbons (Fsp3) is 0.750. The van der Waals surface area contributed by atoms with Gasteiger partial charge in [-0.05, 0) is 18.1 Å². The van der Waals surface area contributed by atoms with Crippen molar-refractivity contribution < 1.29 is 23.1 Å². The first-order valence-electron chi connectivity index (χ1n) is 8.47. The molecule has 1 aromatic heterocycles. The summed E-state index contributed by atoms with van der Waals surface area (Å²) in [6.07, 6.45) is -4.23. The summed E-state index contributed by atoms with van der Waals surface area (Å²) >= 11 is 5.98. The molecular formula is C16H25ClF2N2O5Si. The lowest BCUT2D eigenvalue weighted by Crippen LogP contribution is -2.55. The second kappa shape index (κ2) is 7.40. The molecule has 0 bridgehead atoms. The van der Waals surface area contributed by atoms with Crippen molar-refractivity contribution in [2.75, 3.05) is 12.5 Å². The van der Waals surface area contributed by atoms with Gasteiger partial charge in [0.1, 0.15) is 11.7 Å². The highest BCUT2D eigenvalue weighted by molar-refractivity contribution is 6.74. The highest BCUT2D eigenvalue weighted by Crippen LogP contribution is 2.46. The molecule has 0 radical (unpaired) electrons. The molecule has 0 amide bonds. The summed E-state index contributed by atoms with van der Waals surface area (Å²) in [5.74, 6) is -1.57. The molecule has 1 saturated heterocycles. The molecule has 1 aromatic rings. The van der Waals surface area contributed by atoms with E-state index in [-0.39, 0.29) is 10.9 Å². The van der Waals surface area contributed by atoms with Crippen molar-refractivity contribution in [1.82, 2.24) is 9.55 Å². The number of aliphatic hydroxyl groups excluding tert-OH is 1. The van der Waals surface area contributed by atoms with Gasteiger partial charge in [-0.2, -0.15) is 4.39 Å². The van der Waals surface area contributed by atoms with Gasteiger partial charge in [0, 0.05) is 0 Å². The van der Waals surface area contributed by atoms with Gasteiger partial charge in [0.25, 0.3) is 5.56 Å². The number of hydrogen-bond acceptors (Lipinski definition) is 5. The molecule has 27 heavy (non-hydrogen) atoms. The van der Waals surface area contributed by atoms with Crippen LogP contribution in [0.3, 0.4) is 0 Å². The number of alkyl halides is 2. The lowest BCUT2D eigenvalue weighted by atomic mass is 9.99. The number of nitrogens with zero attached hydrogens (tertiary/aromatic N) is 1. The number of rotatable bonds is 5. The van der Waals surface area contributed by atoms with E-state index in [0.717, 1.165) is 0 Å². The number of aromatic nitrogens is 2. The average Bonchev–Trinajstić information content (AvgIpc) is 2.83. The number of nitrogens with one attached hydrogen (secondary N) is 1. The molecule has 0 aliphatic carbocycles. The van der Waals surface area contributed by atoms with Crippen LogP contribution in [0, 0.1) is 5.82 Å². The first-order valence-corrected chi connectivity index (χ1v) is 11.9. The zero-order chi connectivity index (χ0) is 20.8. The molecule has 0 aromatic carbocycles. The van der Waals surface area contributed by atoms with Crippen molar-refractivity contribution in [2.45, 2.75) is 63.0 Å². The lowest BCUT2D eigenvalue weighted by molar-refractivity contribution is -0.113. The fourth-order valence-corrected chi connectivity index (χ4v) is 4.25. The van der Waals surface area contributed by atoms with E-state index in [2.05, 4.69) is 0 Å². The van der Waals surface area contributed by atoms with Gasteiger partial charge in [0.2, 0.25) is 5.82 Å². The number of aromatic amines is 1. The first-order chi connectivity index (χ1) is 12.3. The Morgan fingerprint density at radius 2 is 2.04 bits per heavy atom. The Morgan fingerprint density at radius 1 is 1.44 bits per heavy atom. The predicted molar refractivity (Wildman–Crippen MR) is 98.9 cm³/mol. The van der Waals surface area contributed by atoms with Gasteiger partial charge in [-0.1, -0.05) is 20.8 Å². The molecule has 2 N–H and O–H groups in total. The molecule has 1 fully saturated rings. The third-order valence-corrected chi connectivity index (χ3v) is 10.3. The van der Waals surface area contributed by atoms with E-state index in [1.165, 1.54) is 0 Å².